The standard InChI is InChI=1S/C24H36N2O4.C23H34N2O5/c1-17(2)14-21(18(3)26(4)16-27)23(28)25-22(15-19-10-6-5-7-11-19)24(29)30-20-12-8-9-13-20;1-16(2)13-20(17(3)25(29)15-26)22(27)24-21(14-18-9-5-4-6-10-18)23(28)30-19-11-7-8-12-19/h5-7,10-11,16-18,20-22H,8-9,12-15H2,1-4H3,(H,25,28);4-6,9-10,15-17,19-21,29H,7-8,11-14H2,1-3H3,(H,24,27)/t18?,21-,22+;17?,20-,21+/m11/s1. The minimum atomic E-state index is -0.828. The van der Waals surface area contributed by atoms with E-state index in [4.69, 9.17) is 9.47 Å². The van der Waals surface area contributed by atoms with Gasteiger partial charge in [-0.2, -0.15) is 0 Å². The van der Waals surface area contributed by atoms with Crippen molar-refractivity contribution in [1.29, 1.82) is 0 Å². The molecule has 2 aliphatic carbocycles. The van der Waals surface area contributed by atoms with E-state index in [2.05, 4.69) is 10.6 Å². The summed E-state index contributed by atoms with van der Waals surface area (Å²) in [6.45, 7) is 11.5. The highest BCUT2D eigenvalue weighted by molar-refractivity contribution is 5.87. The zero-order valence-electron chi connectivity index (χ0n) is 36.8. The number of esters is 2. The quantitative estimate of drug-likeness (QED) is 0.0523. The predicted molar refractivity (Wildman–Crippen MR) is 229 cm³/mol. The van der Waals surface area contributed by atoms with Gasteiger partial charge in [0.1, 0.15) is 24.3 Å². The van der Waals surface area contributed by atoms with Gasteiger partial charge in [-0.1, -0.05) is 88.4 Å². The summed E-state index contributed by atoms with van der Waals surface area (Å²) in [6.07, 6.45) is 10.4. The monoisotopic (exact) mass is 835 g/mol. The van der Waals surface area contributed by atoms with Crippen LogP contribution in [-0.2, 0) is 51.1 Å². The van der Waals surface area contributed by atoms with Gasteiger partial charge in [-0.25, -0.2) is 14.7 Å². The van der Waals surface area contributed by atoms with Crippen molar-refractivity contribution in [2.45, 2.75) is 155 Å². The van der Waals surface area contributed by atoms with Gasteiger partial charge in [-0.3, -0.25) is 24.4 Å². The van der Waals surface area contributed by atoms with Gasteiger partial charge >= 0.3 is 11.9 Å². The summed E-state index contributed by atoms with van der Waals surface area (Å²) in [4.78, 5) is 75.9. The molecular formula is C47H70N4O9. The Balaban J connectivity index is 0.000000320. The van der Waals surface area contributed by atoms with Crippen molar-refractivity contribution in [2.75, 3.05) is 7.05 Å². The number of nitrogens with one attached hydrogen (secondary N) is 2. The second-order valence-corrected chi connectivity index (χ2v) is 17.4. The first kappa shape index (κ1) is 49.6. The van der Waals surface area contributed by atoms with Crippen LogP contribution in [0.25, 0.3) is 0 Å². The third kappa shape index (κ3) is 16.7. The first-order valence-electron chi connectivity index (χ1n) is 21.8. The Hall–Kier alpha value is -4.78. The Kier molecular flexibility index (Phi) is 21.3. The summed E-state index contributed by atoms with van der Waals surface area (Å²) in [5.41, 5.74) is 1.88. The molecule has 0 saturated heterocycles. The molecule has 60 heavy (non-hydrogen) atoms. The summed E-state index contributed by atoms with van der Waals surface area (Å²) in [5.74, 6) is -2.02. The van der Waals surface area contributed by atoms with E-state index in [9.17, 15) is 34.0 Å². The van der Waals surface area contributed by atoms with Crippen molar-refractivity contribution in [1.82, 2.24) is 20.6 Å². The van der Waals surface area contributed by atoms with E-state index in [0.29, 0.717) is 37.2 Å². The molecule has 4 amide bonds. The number of carbonyl (C=O) groups is 6. The molecule has 0 heterocycles. The molecule has 2 aromatic rings. The van der Waals surface area contributed by atoms with Crippen molar-refractivity contribution >= 4 is 36.6 Å². The van der Waals surface area contributed by atoms with Gasteiger partial charge in [-0.15, -0.1) is 0 Å². The molecule has 0 aromatic heterocycles. The van der Waals surface area contributed by atoms with Crippen LogP contribution in [0.15, 0.2) is 60.7 Å². The van der Waals surface area contributed by atoms with Crippen LogP contribution in [0.3, 0.4) is 0 Å². The topological polar surface area (TPSA) is 172 Å². The first-order chi connectivity index (χ1) is 28.6. The summed E-state index contributed by atoms with van der Waals surface area (Å²) in [5, 5.41) is 16.1. The second kappa shape index (κ2) is 25.8. The molecule has 332 valence electrons. The molecule has 0 aliphatic heterocycles. The number of hydrogen-bond acceptors (Lipinski definition) is 9. The SMILES string of the molecule is CC(C)C[C@@H](C(=O)N[C@@H](Cc1ccccc1)C(=O)OC1CCCC1)C(C)N(C)C=O.CC(C)C[C@@H](C(=O)N[C@@H](Cc1ccccc1)C(=O)OC1CCCC1)C(C)N(O)C=O. The first-order valence-corrected chi connectivity index (χ1v) is 21.8. The Bertz CT molecular complexity index is 1490. The molecule has 2 saturated carbocycles. The Morgan fingerprint density at radius 1 is 0.633 bits per heavy atom. The molecule has 6 atom stereocenters. The average Bonchev–Trinajstić information content (AvgIpc) is 3.96. The average molecular weight is 835 g/mol. The van der Waals surface area contributed by atoms with E-state index in [1.54, 1.807) is 14.0 Å². The zero-order valence-corrected chi connectivity index (χ0v) is 36.8. The van der Waals surface area contributed by atoms with Gasteiger partial charge in [0.2, 0.25) is 24.6 Å². The van der Waals surface area contributed by atoms with Crippen molar-refractivity contribution in [2.24, 2.45) is 23.7 Å². The van der Waals surface area contributed by atoms with Gasteiger partial charge in [0.15, 0.2) is 0 Å². The zero-order chi connectivity index (χ0) is 44.2. The highest BCUT2D eigenvalue weighted by atomic mass is 16.5. The Morgan fingerprint density at radius 2 is 1.00 bits per heavy atom. The van der Waals surface area contributed by atoms with Gasteiger partial charge in [0.25, 0.3) is 0 Å². The molecule has 2 aromatic carbocycles. The molecule has 2 fully saturated rings. The second-order valence-electron chi connectivity index (χ2n) is 17.4. The fourth-order valence-corrected chi connectivity index (χ4v) is 7.87. The number of ether oxygens (including phenoxy) is 2. The third-order valence-electron chi connectivity index (χ3n) is 11.6. The lowest BCUT2D eigenvalue weighted by Crippen LogP contribution is -2.50. The molecule has 4 rings (SSSR count). The molecule has 2 unspecified atom stereocenters. The van der Waals surface area contributed by atoms with Crippen LogP contribution in [-0.4, -0.2) is 95.2 Å². The van der Waals surface area contributed by atoms with Crippen molar-refractivity contribution < 1.29 is 43.4 Å². The maximum atomic E-state index is 13.2. The van der Waals surface area contributed by atoms with Crippen LogP contribution in [0, 0.1) is 23.7 Å². The lowest BCUT2D eigenvalue weighted by molar-refractivity contribution is -0.167. The fourth-order valence-electron chi connectivity index (χ4n) is 7.87. The van der Waals surface area contributed by atoms with E-state index in [-0.39, 0.29) is 47.9 Å². The van der Waals surface area contributed by atoms with E-state index >= 15 is 0 Å². The van der Waals surface area contributed by atoms with Crippen molar-refractivity contribution in [3.8, 4) is 0 Å². The molecular weight excluding hydrogens is 765 g/mol. The van der Waals surface area contributed by atoms with E-state index in [1.165, 1.54) is 4.90 Å². The Morgan fingerprint density at radius 3 is 1.33 bits per heavy atom. The number of carbonyl (C=O) groups excluding carboxylic acids is 6. The lowest BCUT2D eigenvalue weighted by atomic mass is 9.89. The highest BCUT2D eigenvalue weighted by Crippen LogP contribution is 2.25. The Labute approximate surface area is 357 Å². The van der Waals surface area contributed by atoms with Crippen molar-refractivity contribution in [3.63, 3.8) is 0 Å². The minimum absolute atomic E-state index is 0.0562. The molecule has 0 radical (unpaired) electrons. The predicted octanol–water partition coefficient (Wildman–Crippen LogP) is 6.44. The maximum absolute atomic E-state index is 13.2. The molecule has 3 N–H and O–H groups in total. The summed E-state index contributed by atoms with van der Waals surface area (Å²) in [6, 6.07) is 16.5. The van der Waals surface area contributed by atoms with E-state index < -0.39 is 35.9 Å². The summed E-state index contributed by atoms with van der Waals surface area (Å²) < 4.78 is 11.4. The third-order valence-corrected chi connectivity index (χ3v) is 11.6. The molecule has 13 heteroatoms. The number of rotatable bonds is 22. The number of hydrogen-bond donors (Lipinski definition) is 3. The number of benzene rings is 2. The van der Waals surface area contributed by atoms with Crippen LogP contribution in [0.1, 0.15) is 117 Å². The molecule has 13 nitrogen and oxygen atoms in total. The van der Waals surface area contributed by atoms with E-state index in [1.807, 2.05) is 95.3 Å². The van der Waals surface area contributed by atoms with Gasteiger partial charge in [0, 0.05) is 25.9 Å². The summed E-state index contributed by atoms with van der Waals surface area (Å²) >= 11 is 0. The lowest BCUT2D eigenvalue weighted by Gasteiger charge is -2.31. The molecule has 0 bridgehead atoms. The van der Waals surface area contributed by atoms with Crippen LogP contribution in [0.2, 0.25) is 0 Å². The number of hydroxylamine groups is 2. The van der Waals surface area contributed by atoms with Crippen LogP contribution in [0.4, 0.5) is 0 Å². The molecule has 0 spiro atoms. The van der Waals surface area contributed by atoms with Crippen LogP contribution in [0.5, 0.6) is 0 Å². The van der Waals surface area contributed by atoms with Crippen molar-refractivity contribution in [3.05, 3.63) is 71.8 Å². The van der Waals surface area contributed by atoms with Gasteiger partial charge in [0.05, 0.1) is 17.9 Å². The fraction of sp³-hybridized carbons (Fsp3) is 0.617. The highest BCUT2D eigenvalue weighted by Gasteiger charge is 2.35. The smallest absolute Gasteiger partial charge is 0.329 e. The van der Waals surface area contributed by atoms with Crippen LogP contribution >= 0.6 is 0 Å². The summed E-state index contributed by atoms with van der Waals surface area (Å²) in [7, 11) is 1.67. The largest absolute Gasteiger partial charge is 0.461 e. The van der Waals surface area contributed by atoms with E-state index in [0.717, 1.165) is 68.9 Å². The van der Waals surface area contributed by atoms with Gasteiger partial charge in [-0.05, 0) is 101 Å². The minimum Gasteiger partial charge on any atom is -0.461 e. The number of amides is 4. The normalized spacial score (nSPS) is 17.2. The number of nitrogens with zero attached hydrogens (tertiary/aromatic N) is 2. The maximum Gasteiger partial charge on any atom is 0.329 e. The van der Waals surface area contributed by atoms with Crippen LogP contribution < -0.4 is 10.6 Å². The van der Waals surface area contributed by atoms with Gasteiger partial charge < -0.3 is 25.0 Å². The molecule has 2 aliphatic rings.